The Balaban J connectivity index is 1.58. The lowest BCUT2D eigenvalue weighted by Crippen LogP contribution is -2.32. The van der Waals surface area contributed by atoms with Gasteiger partial charge in [-0.2, -0.15) is 10.2 Å². The second-order valence-electron chi connectivity index (χ2n) is 8.53. The Morgan fingerprint density at radius 1 is 1.12 bits per heavy atom. The summed E-state index contributed by atoms with van der Waals surface area (Å²) in [4.78, 5) is 13.7. The van der Waals surface area contributed by atoms with Crippen molar-refractivity contribution in [2.24, 2.45) is 11.0 Å². The molecule has 1 fully saturated rings. The quantitative estimate of drug-likeness (QED) is 0.310. The number of amides is 1. The van der Waals surface area contributed by atoms with E-state index in [-0.39, 0.29) is 23.6 Å². The number of allylic oxidation sites excluding steroid dienone is 1. The molecule has 1 aliphatic carbocycles. The minimum Gasteiger partial charge on any atom is -0.271 e. The highest BCUT2D eigenvalue weighted by atomic mass is 79.9. The van der Waals surface area contributed by atoms with Crippen LogP contribution >= 0.6 is 43.5 Å². The molecule has 1 saturated carbocycles. The van der Waals surface area contributed by atoms with E-state index in [1.54, 1.807) is 15.9 Å². The Labute approximate surface area is 220 Å². The number of hydrazone groups is 1. The normalized spacial score (nSPS) is 21.0. The summed E-state index contributed by atoms with van der Waals surface area (Å²) >= 11 is 13.4. The van der Waals surface area contributed by atoms with Crippen LogP contribution in [0, 0.1) is 5.92 Å². The Hall–Kier alpha value is -2.22. The Bertz CT molecular complexity index is 1280. The zero-order valence-electron chi connectivity index (χ0n) is 18.6. The lowest BCUT2D eigenvalue weighted by Gasteiger charge is -2.29. The van der Waals surface area contributed by atoms with Gasteiger partial charge in [-0.3, -0.25) is 9.48 Å². The molecule has 0 N–H and O–H groups in total. The molecule has 2 heterocycles. The molecular formula is C26H23Br2ClN4O. The number of hydrogen-bond acceptors (Lipinski definition) is 3. The minimum atomic E-state index is -0.269. The molecule has 0 radical (unpaired) electrons. The highest BCUT2D eigenvalue weighted by Crippen LogP contribution is 2.45. The van der Waals surface area contributed by atoms with Gasteiger partial charge in [0.1, 0.15) is 0 Å². The number of aromatic nitrogens is 2. The topological polar surface area (TPSA) is 50.5 Å². The fourth-order valence-electron chi connectivity index (χ4n) is 4.73. The Kier molecular flexibility index (Phi) is 6.78. The van der Waals surface area contributed by atoms with E-state index in [9.17, 15) is 4.79 Å². The van der Waals surface area contributed by atoms with Crippen LogP contribution < -0.4 is 0 Å². The van der Waals surface area contributed by atoms with Crippen molar-refractivity contribution in [3.8, 4) is 0 Å². The maximum Gasteiger partial charge on any atom is 0.296 e. The zero-order valence-corrected chi connectivity index (χ0v) is 22.5. The van der Waals surface area contributed by atoms with Gasteiger partial charge in [-0.05, 0) is 73.2 Å². The number of aryl methyl sites for hydroxylation is 1. The first-order valence-corrected chi connectivity index (χ1v) is 13.3. The average Bonchev–Trinajstić information content (AvgIpc) is 3.42. The number of rotatable bonds is 4. The largest absolute Gasteiger partial charge is 0.296 e. The second-order valence-corrected chi connectivity index (χ2v) is 10.8. The van der Waals surface area contributed by atoms with Gasteiger partial charge in [-0.15, -0.1) is 0 Å². The van der Waals surface area contributed by atoms with Gasteiger partial charge in [0.05, 0.1) is 16.8 Å². The van der Waals surface area contributed by atoms with Gasteiger partial charge in [0.2, 0.25) is 0 Å². The number of fused-ring (bicyclic) bond motifs is 1. The highest BCUT2D eigenvalue weighted by Gasteiger charge is 2.44. The molecule has 0 saturated heterocycles. The SMILES string of the molecule is CCn1cc(Cl)c(C(=O)N2N=C3/C(=C\c4ccc(Br)cc4)CCC[C@@H]3[C@H]2c2ccc(Br)cc2)n1. The van der Waals surface area contributed by atoms with Crippen molar-refractivity contribution in [2.45, 2.75) is 38.8 Å². The van der Waals surface area contributed by atoms with Crippen LogP contribution in [0.3, 0.4) is 0 Å². The fraction of sp³-hybridized carbons (Fsp3) is 0.269. The highest BCUT2D eigenvalue weighted by molar-refractivity contribution is 9.10. The van der Waals surface area contributed by atoms with Crippen LogP contribution in [-0.4, -0.2) is 26.4 Å². The van der Waals surface area contributed by atoms with Crippen LogP contribution in [0.1, 0.15) is 53.8 Å². The number of benzene rings is 2. The van der Waals surface area contributed by atoms with Crippen LogP contribution in [-0.2, 0) is 6.54 Å². The molecular weight excluding hydrogens is 580 g/mol. The van der Waals surface area contributed by atoms with Crippen molar-refractivity contribution >= 4 is 61.2 Å². The number of carbonyl (C=O) groups excluding carboxylic acids is 1. The van der Waals surface area contributed by atoms with E-state index in [1.807, 2.05) is 31.2 Å². The standard InChI is InChI=1S/C26H23Br2ClN4O/c1-2-32-15-22(29)24(30-32)26(34)33-25(17-8-12-20(28)13-9-17)21-5-3-4-18(23(21)31-33)14-16-6-10-19(27)11-7-16/h6-15,21,25H,2-5H2,1H3/b18-14-/t21-,25+/m0/s1. The van der Waals surface area contributed by atoms with E-state index in [2.05, 4.69) is 67.3 Å². The third-order valence-corrected chi connectivity index (χ3v) is 7.71. The molecule has 174 valence electrons. The molecule has 1 aromatic heterocycles. The van der Waals surface area contributed by atoms with Gasteiger partial charge in [-0.25, -0.2) is 5.01 Å². The minimum absolute atomic E-state index is 0.118. The summed E-state index contributed by atoms with van der Waals surface area (Å²) < 4.78 is 3.72. The van der Waals surface area contributed by atoms with Crippen LogP contribution in [0.5, 0.6) is 0 Å². The molecule has 1 amide bonds. The van der Waals surface area contributed by atoms with Crippen LogP contribution in [0.2, 0.25) is 5.02 Å². The van der Waals surface area contributed by atoms with Gasteiger partial charge in [0.25, 0.3) is 5.91 Å². The summed E-state index contributed by atoms with van der Waals surface area (Å²) in [6.07, 6.45) is 6.84. The lowest BCUT2D eigenvalue weighted by molar-refractivity contribution is 0.0674. The van der Waals surface area contributed by atoms with Gasteiger partial charge < -0.3 is 0 Å². The molecule has 2 atom stereocenters. The summed E-state index contributed by atoms with van der Waals surface area (Å²) in [5.41, 5.74) is 4.59. The Morgan fingerprint density at radius 2 is 1.79 bits per heavy atom. The van der Waals surface area contributed by atoms with Crippen LogP contribution in [0.4, 0.5) is 0 Å². The maximum atomic E-state index is 13.7. The first kappa shape index (κ1) is 23.5. The molecule has 5 rings (SSSR count). The molecule has 3 aromatic rings. The molecule has 0 unspecified atom stereocenters. The first-order chi connectivity index (χ1) is 16.4. The molecule has 0 spiro atoms. The second kappa shape index (κ2) is 9.80. The molecule has 0 bridgehead atoms. The van der Waals surface area contributed by atoms with E-state index in [0.29, 0.717) is 11.6 Å². The van der Waals surface area contributed by atoms with Crippen molar-refractivity contribution in [3.63, 3.8) is 0 Å². The van der Waals surface area contributed by atoms with E-state index in [4.69, 9.17) is 16.7 Å². The van der Waals surface area contributed by atoms with Crippen molar-refractivity contribution < 1.29 is 4.79 Å². The van der Waals surface area contributed by atoms with Crippen molar-refractivity contribution in [2.75, 3.05) is 0 Å². The van der Waals surface area contributed by atoms with Gasteiger partial charge in [0, 0.05) is 27.6 Å². The molecule has 1 aliphatic heterocycles. The zero-order chi connectivity index (χ0) is 23.8. The molecule has 8 heteroatoms. The molecule has 2 aromatic carbocycles. The van der Waals surface area contributed by atoms with Gasteiger partial charge in [-0.1, -0.05) is 67.7 Å². The van der Waals surface area contributed by atoms with Crippen LogP contribution in [0.15, 0.2) is 74.3 Å². The molecule has 5 nitrogen and oxygen atoms in total. The van der Waals surface area contributed by atoms with E-state index >= 15 is 0 Å². The Morgan fingerprint density at radius 3 is 2.44 bits per heavy atom. The average molecular weight is 603 g/mol. The lowest BCUT2D eigenvalue weighted by atomic mass is 9.77. The van der Waals surface area contributed by atoms with Crippen molar-refractivity contribution in [1.29, 1.82) is 0 Å². The van der Waals surface area contributed by atoms with Crippen LogP contribution in [0.25, 0.3) is 6.08 Å². The number of halogens is 3. The maximum absolute atomic E-state index is 13.7. The van der Waals surface area contributed by atoms with Crippen molar-refractivity contribution in [1.82, 2.24) is 14.8 Å². The smallest absolute Gasteiger partial charge is 0.271 e. The van der Waals surface area contributed by atoms with E-state index < -0.39 is 0 Å². The third-order valence-electron chi connectivity index (χ3n) is 6.38. The summed E-state index contributed by atoms with van der Waals surface area (Å²) in [6, 6.07) is 16.2. The van der Waals surface area contributed by atoms with E-state index in [0.717, 1.165) is 45.0 Å². The third kappa shape index (κ3) is 4.53. The van der Waals surface area contributed by atoms with Crippen molar-refractivity contribution in [3.05, 3.63) is 91.1 Å². The van der Waals surface area contributed by atoms with Gasteiger partial charge >= 0.3 is 0 Å². The molecule has 34 heavy (non-hydrogen) atoms. The number of nitrogens with zero attached hydrogens (tertiary/aromatic N) is 4. The summed E-state index contributed by atoms with van der Waals surface area (Å²) in [5, 5.41) is 11.3. The summed E-state index contributed by atoms with van der Waals surface area (Å²) in [6.45, 7) is 2.60. The first-order valence-electron chi connectivity index (χ1n) is 11.3. The fourth-order valence-corrected chi connectivity index (χ4v) is 5.49. The van der Waals surface area contributed by atoms with E-state index in [1.165, 1.54) is 5.57 Å². The van der Waals surface area contributed by atoms with Gasteiger partial charge in [0.15, 0.2) is 5.69 Å². The summed E-state index contributed by atoms with van der Waals surface area (Å²) in [5.74, 6) is -0.150. The number of carbonyl (C=O) groups is 1. The predicted molar refractivity (Wildman–Crippen MR) is 143 cm³/mol. The summed E-state index contributed by atoms with van der Waals surface area (Å²) in [7, 11) is 0. The monoisotopic (exact) mass is 600 g/mol. The molecule has 2 aliphatic rings. The predicted octanol–water partition coefficient (Wildman–Crippen LogP) is 7.52. The number of hydrogen-bond donors (Lipinski definition) is 0.